The van der Waals surface area contributed by atoms with E-state index in [0.717, 1.165) is 17.9 Å². The third-order valence-electron chi connectivity index (χ3n) is 1.51. The van der Waals surface area contributed by atoms with E-state index in [4.69, 9.17) is 4.74 Å². The number of hydrogen-bond acceptors (Lipinski definition) is 2. The van der Waals surface area contributed by atoms with Gasteiger partial charge in [-0.05, 0) is 6.07 Å². The van der Waals surface area contributed by atoms with Gasteiger partial charge in [0.2, 0.25) is 0 Å². The summed E-state index contributed by atoms with van der Waals surface area (Å²) in [6.07, 6.45) is 2.70. The lowest BCUT2D eigenvalue weighted by atomic mass is 10.2. The van der Waals surface area contributed by atoms with Gasteiger partial charge >= 0.3 is 0 Å². The highest BCUT2D eigenvalue weighted by atomic mass is 79.9. The lowest BCUT2D eigenvalue weighted by Gasteiger charge is -2.04. The SMILES string of the molecule is COc1ccnc(CC(C)Br)c1. The fraction of sp³-hybridized carbons (Fsp3) is 0.444. The number of alkyl halides is 1. The van der Waals surface area contributed by atoms with Crippen molar-refractivity contribution in [2.24, 2.45) is 0 Å². The molecule has 0 aliphatic carbocycles. The molecule has 0 amide bonds. The Balaban J connectivity index is 2.72. The van der Waals surface area contributed by atoms with Gasteiger partial charge in [-0.2, -0.15) is 0 Å². The molecule has 0 fully saturated rings. The molecular formula is C9H12BrNO. The number of halogens is 1. The Kier molecular flexibility index (Phi) is 3.53. The zero-order valence-electron chi connectivity index (χ0n) is 7.25. The number of aromatic nitrogens is 1. The maximum Gasteiger partial charge on any atom is 0.122 e. The molecule has 0 bridgehead atoms. The number of pyridine rings is 1. The topological polar surface area (TPSA) is 22.1 Å². The second kappa shape index (κ2) is 4.45. The first-order valence-electron chi connectivity index (χ1n) is 3.85. The van der Waals surface area contributed by atoms with Gasteiger partial charge in [-0.1, -0.05) is 22.9 Å². The summed E-state index contributed by atoms with van der Waals surface area (Å²) in [4.78, 5) is 4.67. The molecule has 1 heterocycles. The standard InChI is InChI=1S/C9H12BrNO/c1-7(10)5-8-6-9(12-2)3-4-11-8/h3-4,6-7H,5H2,1-2H3. The molecule has 0 saturated carbocycles. The van der Waals surface area contributed by atoms with E-state index in [1.165, 1.54) is 0 Å². The van der Waals surface area contributed by atoms with Crippen LogP contribution in [0.4, 0.5) is 0 Å². The van der Waals surface area contributed by atoms with E-state index >= 15 is 0 Å². The molecule has 12 heavy (non-hydrogen) atoms. The van der Waals surface area contributed by atoms with Crippen LogP contribution in [0.3, 0.4) is 0 Å². The first kappa shape index (κ1) is 9.52. The average Bonchev–Trinajstić information content (AvgIpc) is 2.03. The Morgan fingerprint density at radius 3 is 3.00 bits per heavy atom. The number of hydrogen-bond donors (Lipinski definition) is 0. The second-order valence-electron chi connectivity index (χ2n) is 2.67. The first-order valence-corrected chi connectivity index (χ1v) is 4.77. The van der Waals surface area contributed by atoms with E-state index < -0.39 is 0 Å². The molecule has 1 aromatic rings. The van der Waals surface area contributed by atoms with Crippen molar-refractivity contribution in [2.75, 3.05) is 7.11 Å². The van der Waals surface area contributed by atoms with Gasteiger partial charge < -0.3 is 4.74 Å². The molecule has 0 aliphatic rings. The highest BCUT2D eigenvalue weighted by Gasteiger charge is 2.00. The van der Waals surface area contributed by atoms with Crippen molar-refractivity contribution in [1.29, 1.82) is 0 Å². The van der Waals surface area contributed by atoms with Crippen LogP contribution in [0.5, 0.6) is 5.75 Å². The van der Waals surface area contributed by atoms with Gasteiger partial charge in [-0.25, -0.2) is 0 Å². The Morgan fingerprint density at radius 2 is 2.42 bits per heavy atom. The average molecular weight is 230 g/mol. The summed E-state index contributed by atoms with van der Waals surface area (Å²) in [5, 5.41) is 0. The smallest absolute Gasteiger partial charge is 0.122 e. The highest BCUT2D eigenvalue weighted by molar-refractivity contribution is 9.09. The maximum atomic E-state index is 5.08. The molecule has 1 unspecified atom stereocenters. The monoisotopic (exact) mass is 229 g/mol. The number of nitrogens with zero attached hydrogens (tertiary/aromatic N) is 1. The van der Waals surface area contributed by atoms with Gasteiger partial charge in [-0.3, -0.25) is 4.98 Å². The molecule has 1 aromatic heterocycles. The Labute approximate surface area is 81.1 Å². The summed E-state index contributed by atoms with van der Waals surface area (Å²) in [6.45, 7) is 2.10. The minimum Gasteiger partial charge on any atom is -0.497 e. The van der Waals surface area contributed by atoms with E-state index in [1.54, 1.807) is 13.3 Å². The van der Waals surface area contributed by atoms with E-state index in [0.29, 0.717) is 4.83 Å². The van der Waals surface area contributed by atoms with Crippen LogP contribution < -0.4 is 4.74 Å². The van der Waals surface area contributed by atoms with Crippen LogP contribution in [0.1, 0.15) is 12.6 Å². The van der Waals surface area contributed by atoms with Crippen LogP contribution in [-0.4, -0.2) is 16.9 Å². The van der Waals surface area contributed by atoms with Crippen molar-refractivity contribution in [3.05, 3.63) is 24.0 Å². The van der Waals surface area contributed by atoms with Crippen molar-refractivity contribution in [2.45, 2.75) is 18.2 Å². The molecule has 66 valence electrons. The molecule has 2 nitrogen and oxygen atoms in total. The van der Waals surface area contributed by atoms with Crippen molar-refractivity contribution < 1.29 is 4.74 Å². The predicted molar refractivity (Wildman–Crippen MR) is 52.9 cm³/mol. The van der Waals surface area contributed by atoms with Crippen LogP contribution in [-0.2, 0) is 6.42 Å². The summed E-state index contributed by atoms with van der Waals surface area (Å²) in [7, 11) is 1.66. The van der Waals surface area contributed by atoms with E-state index in [2.05, 4.69) is 27.8 Å². The lowest BCUT2D eigenvalue weighted by molar-refractivity contribution is 0.413. The number of ether oxygens (including phenoxy) is 1. The van der Waals surface area contributed by atoms with Crippen LogP contribution in [0.2, 0.25) is 0 Å². The molecule has 0 aliphatic heterocycles. The lowest BCUT2D eigenvalue weighted by Crippen LogP contribution is -1.99. The molecule has 0 N–H and O–H groups in total. The minimum atomic E-state index is 0.456. The molecule has 1 atom stereocenters. The summed E-state index contributed by atoms with van der Waals surface area (Å²) >= 11 is 3.48. The van der Waals surface area contributed by atoms with Crippen molar-refractivity contribution >= 4 is 15.9 Å². The Morgan fingerprint density at radius 1 is 1.67 bits per heavy atom. The molecule has 3 heteroatoms. The minimum absolute atomic E-state index is 0.456. The first-order chi connectivity index (χ1) is 5.72. The molecular weight excluding hydrogens is 218 g/mol. The van der Waals surface area contributed by atoms with E-state index in [-0.39, 0.29) is 0 Å². The predicted octanol–water partition coefficient (Wildman–Crippen LogP) is 2.42. The third-order valence-corrected chi connectivity index (χ3v) is 1.84. The summed E-state index contributed by atoms with van der Waals surface area (Å²) in [5.41, 5.74) is 1.05. The third kappa shape index (κ3) is 2.81. The second-order valence-corrected chi connectivity index (χ2v) is 4.24. The number of rotatable bonds is 3. The normalized spacial score (nSPS) is 12.6. The van der Waals surface area contributed by atoms with E-state index in [9.17, 15) is 0 Å². The van der Waals surface area contributed by atoms with Crippen LogP contribution in [0, 0.1) is 0 Å². The van der Waals surface area contributed by atoms with Crippen LogP contribution in [0.15, 0.2) is 18.3 Å². The molecule has 0 aromatic carbocycles. The summed E-state index contributed by atoms with van der Waals surface area (Å²) in [6, 6.07) is 3.81. The largest absolute Gasteiger partial charge is 0.497 e. The quantitative estimate of drug-likeness (QED) is 0.744. The fourth-order valence-electron chi connectivity index (χ4n) is 0.983. The van der Waals surface area contributed by atoms with Crippen molar-refractivity contribution in [3.8, 4) is 5.75 Å². The number of methoxy groups -OCH3 is 1. The van der Waals surface area contributed by atoms with Crippen LogP contribution >= 0.6 is 15.9 Å². The van der Waals surface area contributed by atoms with Crippen molar-refractivity contribution in [3.63, 3.8) is 0 Å². The molecule has 0 spiro atoms. The van der Waals surface area contributed by atoms with Gasteiger partial charge in [0.1, 0.15) is 5.75 Å². The zero-order chi connectivity index (χ0) is 8.97. The van der Waals surface area contributed by atoms with Gasteiger partial charge in [0.25, 0.3) is 0 Å². The molecule has 0 saturated heterocycles. The van der Waals surface area contributed by atoms with Gasteiger partial charge in [0, 0.05) is 29.2 Å². The fourth-order valence-corrected chi connectivity index (χ4v) is 1.31. The van der Waals surface area contributed by atoms with Crippen LogP contribution in [0.25, 0.3) is 0 Å². The highest BCUT2D eigenvalue weighted by Crippen LogP contribution is 2.13. The maximum absolute atomic E-state index is 5.08. The van der Waals surface area contributed by atoms with Gasteiger partial charge in [-0.15, -0.1) is 0 Å². The van der Waals surface area contributed by atoms with Gasteiger partial charge in [0.15, 0.2) is 0 Å². The molecule has 0 radical (unpaired) electrons. The summed E-state index contributed by atoms with van der Waals surface area (Å²) in [5.74, 6) is 0.869. The van der Waals surface area contributed by atoms with Gasteiger partial charge in [0.05, 0.1) is 7.11 Å². The van der Waals surface area contributed by atoms with E-state index in [1.807, 2.05) is 12.1 Å². The molecule has 1 rings (SSSR count). The Bertz CT molecular complexity index is 250. The Hall–Kier alpha value is -0.570. The van der Waals surface area contributed by atoms with Crippen molar-refractivity contribution in [1.82, 2.24) is 4.98 Å². The summed E-state index contributed by atoms with van der Waals surface area (Å²) < 4.78 is 5.08. The zero-order valence-corrected chi connectivity index (χ0v) is 8.84.